The molecule has 0 atom stereocenters. The molecule has 0 aliphatic rings. The van der Waals surface area contributed by atoms with Gasteiger partial charge in [-0.3, -0.25) is 9.36 Å². The zero-order valence-corrected chi connectivity index (χ0v) is 19.1. The van der Waals surface area contributed by atoms with Crippen LogP contribution >= 0.6 is 23.1 Å². The van der Waals surface area contributed by atoms with Crippen LogP contribution in [0.2, 0.25) is 0 Å². The molecular formula is C24H19N5O2S2. The van der Waals surface area contributed by atoms with E-state index in [1.54, 1.807) is 6.26 Å². The van der Waals surface area contributed by atoms with Crippen LogP contribution in [-0.2, 0) is 11.3 Å². The van der Waals surface area contributed by atoms with Crippen molar-refractivity contribution < 1.29 is 9.21 Å². The molecule has 0 spiro atoms. The summed E-state index contributed by atoms with van der Waals surface area (Å²) in [4.78, 5) is 17.1. The normalized spacial score (nSPS) is 10.9. The van der Waals surface area contributed by atoms with Gasteiger partial charge in [0.25, 0.3) is 0 Å². The Morgan fingerprint density at radius 1 is 1.00 bits per heavy atom. The number of carbonyl (C=O) groups is 1. The maximum absolute atomic E-state index is 12.6. The molecule has 33 heavy (non-hydrogen) atoms. The quantitative estimate of drug-likeness (QED) is 0.302. The van der Waals surface area contributed by atoms with E-state index in [0.29, 0.717) is 28.4 Å². The molecule has 0 aliphatic carbocycles. The molecule has 0 saturated carbocycles. The van der Waals surface area contributed by atoms with E-state index in [1.165, 1.54) is 23.1 Å². The standard InChI is InChI=1S/C24H19N5O2S2/c30-21(26-23-25-19(15-32-23)18-10-5-2-6-11-18)16-33-24-28-27-22(20-12-7-13-31-20)29(24)14-17-8-3-1-4-9-17/h1-13,15H,14,16H2,(H,25,26,30). The molecule has 0 fully saturated rings. The molecule has 0 aliphatic heterocycles. The van der Waals surface area contributed by atoms with E-state index in [0.717, 1.165) is 16.8 Å². The largest absolute Gasteiger partial charge is 0.461 e. The first-order valence-electron chi connectivity index (χ1n) is 10.2. The lowest BCUT2D eigenvalue weighted by molar-refractivity contribution is -0.113. The number of nitrogens with one attached hydrogen (secondary N) is 1. The second-order valence-electron chi connectivity index (χ2n) is 7.10. The van der Waals surface area contributed by atoms with Crippen molar-refractivity contribution >= 4 is 34.1 Å². The third kappa shape index (κ3) is 5.05. The lowest BCUT2D eigenvalue weighted by Gasteiger charge is -2.09. The number of thioether (sulfide) groups is 1. The minimum Gasteiger partial charge on any atom is -0.461 e. The number of anilines is 1. The fourth-order valence-electron chi connectivity index (χ4n) is 3.25. The lowest BCUT2D eigenvalue weighted by Crippen LogP contribution is -2.14. The highest BCUT2D eigenvalue weighted by Gasteiger charge is 2.18. The number of carbonyl (C=O) groups excluding carboxylic acids is 1. The Hall–Kier alpha value is -3.69. The van der Waals surface area contributed by atoms with Crippen LogP contribution in [0.4, 0.5) is 5.13 Å². The summed E-state index contributed by atoms with van der Waals surface area (Å²) in [7, 11) is 0. The fraction of sp³-hybridized carbons (Fsp3) is 0.0833. The van der Waals surface area contributed by atoms with Gasteiger partial charge < -0.3 is 9.73 Å². The Kier molecular flexibility index (Phi) is 6.32. The Labute approximate surface area is 198 Å². The van der Waals surface area contributed by atoms with Gasteiger partial charge in [0.2, 0.25) is 11.7 Å². The summed E-state index contributed by atoms with van der Waals surface area (Å²) in [6.45, 7) is 0.570. The number of furan rings is 1. The van der Waals surface area contributed by atoms with Gasteiger partial charge in [-0.25, -0.2) is 4.98 Å². The molecule has 2 aromatic carbocycles. The number of rotatable bonds is 8. The van der Waals surface area contributed by atoms with Crippen molar-refractivity contribution in [2.45, 2.75) is 11.7 Å². The van der Waals surface area contributed by atoms with E-state index in [1.807, 2.05) is 82.7 Å². The Bertz CT molecular complexity index is 1330. The van der Waals surface area contributed by atoms with Crippen molar-refractivity contribution in [3.63, 3.8) is 0 Å². The molecule has 7 nitrogen and oxygen atoms in total. The molecule has 1 amide bonds. The molecule has 1 N–H and O–H groups in total. The van der Waals surface area contributed by atoms with Gasteiger partial charge in [-0.1, -0.05) is 72.4 Å². The first-order valence-corrected chi connectivity index (χ1v) is 12.1. The SMILES string of the molecule is O=C(CSc1nnc(-c2ccco2)n1Cc1ccccc1)Nc1nc(-c2ccccc2)cs1. The average Bonchev–Trinajstić information content (AvgIpc) is 3.61. The van der Waals surface area contributed by atoms with Crippen molar-refractivity contribution in [1.29, 1.82) is 0 Å². The van der Waals surface area contributed by atoms with Gasteiger partial charge in [0.15, 0.2) is 16.0 Å². The number of amides is 1. The van der Waals surface area contributed by atoms with Gasteiger partial charge in [0.1, 0.15) is 0 Å². The monoisotopic (exact) mass is 473 g/mol. The number of aromatic nitrogens is 4. The Morgan fingerprint density at radius 3 is 2.55 bits per heavy atom. The number of benzene rings is 2. The van der Waals surface area contributed by atoms with E-state index in [9.17, 15) is 4.79 Å². The van der Waals surface area contributed by atoms with E-state index in [4.69, 9.17) is 4.42 Å². The molecule has 0 unspecified atom stereocenters. The van der Waals surface area contributed by atoms with Crippen LogP contribution in [0, 0.1) is 0 Å². The summed E-state index contributed by atoms with van der Waals surface area (Å²) in [6.07, 6.45) is 1.61. The maximum Gasteiger partial charge on any atom is 0.236 e. The van der Waals surface area contributed by atoms with Crippen molar-refractivity contribution in [3.05, 3.63) is 90.0 Å². The zero-order chi connectivity index (χ0) is 22.5. The topological polar surface area (TPSA) is 85.8 Å². The number of hydrogen-bond donors (Lipinski definition) is 1. The first kappa shape index (κ1) is 21.2. The minimum atomic E-state index is -0.150. The Morgan fingerprint density at radius 2 is 1.79 bits per heavy atom. The summed E-state index contributed by atoms with van der Waals surface area (Å²) < 4.78 is 7.50. The molecule has 0 bridgehead atoms. The number of nitrogens with zero attached hydrogens (tertiary/aromatic N) is 4. The highest BCUT2D eigenvalue weighted by Crippen LogP contribution is 2.27. The zero-order valence-electron chi connectivity index (χ0n) is 17.4. The summed E-state index contributed by atoms with van der Waals surface area (Å²) in [5.41, 5.74) is 2.96. The van der Waals surface area contributed by atoms with Gasteiger partial charge in [-0.05, 0) is 17.7 Å². The molecule has 3 heterocycles. The van der Waals surface area contributed by atoms with E-state index < -0.39 is 0 Å². The highest BCUT2D eigenvalue weighted by molar-refractivity contribution is 7.99. The van der Waals surface area contributed by atoms with Crippen LogP contribution in [-0.4, -0.2) is 31.4 Å². The van der Waals surface area contributed by atoms with Crippen LogP contribution in [0.3, 0.4) is 0 Å². The number of thiazole rings is 1. The van der Waals surface area contributed by atoms with Gasteiger partial charge in [-0.15, -0.1) is 21.5 Å². The maximum atomic E-state index is 12.6. The van der Waals surface area contributed by atoms with Gasteiger partial charge in [0.05, 0.1) is 24.3 Å². The lowest BCUT2D eigenvalue weighted by atomic mass is 10.2. The molecule has 5 rings (SSSR count). The smallest absolute Gasteiger partial charge is 0.236 e. The third-order valence-corrected chi connectivity index (χ3v) is 6.52. The second-order valence-corrected chi connectivity index (χ2v) is 8.90. The summed E-state index contributed by atoms with van der Waals surface area (Å²) in [5, 5.41) is 14.7. The summed E-state index contributed by atoms with van der Waals surface area (Å²) in [5.74, 6) is 1.29. The predicted octanol–water partition coefficient (Wildman–Crippen LogP) is 5.44. The van der Waals surface area contributed by atoms with Crippen molar-refractivity contribution in [1.82, 2.24) is 19.7 Å². The molecule has 3 aromatic heterocycles. The molecule has 0 radical (unpaired) electrons. The van der Waals surface area contributed by atoms with Crippen LogP contribution in [0.5, 0.6) is 0 Å². The van der Waals surface area contributed by atoms with E-state index in [-0.39, 0.29) is 11.7 Å². The van der Waals surface area contributed by atoms with Crippen molar-refractivity contribution in [3.8, 4) is 22.8 Å². The van der Waals surface area contributed by atoms with Crippen molar-refractivity contribution in [2.24, 2.45) is 0 Å². The minimum absolute atomic E-state index is 0.150. The van der Waals surface area contributed by atoms with Gasteiger partial charge in [-0.2, -0.15) is 0 Å². The van der Waals surface area contributed by atoms with Gasteiger partial charge in [0, 0.05) is 10.9 Å². The van der Waals surface area contributed by atoms with E-state index in [2.05, 4.69) is 20.5 Å². The van der Waals surface area contributed by atoms with Gasteiger partial charge >= 0.3 is 0 Å². The molecular weight excluding hydrogens is 454 g/mol. The summed E-state index contributed by atoms with van der Waals surface area (Å²) in [6, 6.07) is 23.6. The molecule has 0 saturated heterocycles. The molecule has 9 heteroatoms. The van der Waals surface area contributed by atoms with Crippen LogP contribution in [0.25, 0.3) is 22.8 Å². The van der Waals surface area contributed by atoms with E-state index >= 15 is 0 Å². The number of hydrogen-bond acceptors (Lipinski definition) is 7. The fourth-order valence-corrected chi connectivity index (χ4v) is 4.72. The highest BCUT2D eigenvalue weighted by atomic mass is 32.2. The predicted molar refractivity (Wildman–Crippen MR) is 130 cm³/mol. The third-order valence-electron chi connectivity index (χ3n) is 4.79. The second kappa shape index (κ2) is 9.85. The molecule has 5 aromatic rings. The van der Waals surface area contributed by atoms with Crippen molar-refractivity contribution in [2.75, 3.05) is 11.1 Å². The van der Waals surface area contributed by atoms with Crippen LogP contribution < -0.4 is 5.32 Å². The first-order chi connectivity index (χ1) is 16.3. The summed E-state index contributed by atoms with van der Waals surface area (Å²) >= 11 is 2.73. The Balaban J connectivity index is 1.28. The molecule has 164 valence electrons. The van der Waals surface area contributed by atoms with Crippen LogP contribution in [0.1, 0.15) is 5.56 Å². The average molecular weight is 474 g/mol. The van der Waals surface area contributed by atoms with Crippen LogP contribution in [0.15, 0.2) is 94.0 Å².